The second kappa shape index (κ2) is 5.49. The first-order chi connectivity index (χ1) is 8.31. The normalized spacial score (nSPS) is 13.2. The molecule has 17 heavy (non-hydrogen) atoms. The summed E-state index contributed by atoms with van der Waals surface area (Å²) in [4.78, 5) is 11.4. The van der Waals surface area contributed by atoms with Crippen LogP contribution < -0.4 is 4.74 Å². The zero-order valence-electron chi connectivity index (χ0n) is 9.74. The molecule has 1 aromatic rings. The molecule has 1 aliphatic rings. The number of Topliss-reactive ketones (excluding diaryl/α,β-unsaturated/α-hetero) is 1. The molecule has 0 unspecified atom stereocenters. The van der Waals surface area contributed by atoms with E-state index in [1.54, 1.807) is 0 Å². The lowest BCUT2D eigenvalue weighted by Crippen LogP contribution is -1.98. The van der Waals surface area contributed by atoms with Gasteiger partial charge in [0, 0.05) is 18.4 Å². The molecule has 1 aromatic carbocycles. The van der Waals surface area contributed by atoms with Gasteiger partial charge in [-0.1, -0.05) is 0 Å². The first kappa shape index (κ1) is 11.7. The predicted octanol–water partition coefficient (Wildman–Crippen LogP) is 2.89. The average molecular weight is 229 g/mol. The van der Waals surface area contributed by atoms with Crippen LogP contribution in [-0.2, 0) is 6.42 Å². The minimum absolute atomic E-state index is 0.237. The lowest BCUT2D eigenvalue weighted by molar-refractivity contribution is 0.0994. The van der Waals surface area contributed by atoms with Gasteiger partial charge in [0.2, 0.25) is 0 Å². The average Bonchev–Trinajstić information content (AvgIpc) is 2.71. The number of rotatable bonds is 5. The van der Waals surface area contributed by atoms with E-state index in [0.717, 1.165) is 36.1 Å². The van der Waals surface area contributed by atoms with Crippen molar-refractivity contribution in [3.05, 3.63) is 29.3 Å². The molecule has 0 bridgehead atoms. The van der Waals surface area contributed by atoms with Crippen molar-refractivity contribution in [1.82, 2.24) is 0 Å². The molecule has 1 aliphatic carbocycles. The van der Waals surface area contributed by atoms with Gasteiger partial charge in [0.15, 0.2) is 5.78 Å². The molecule has 0 fully saturated rings. The van der Waals surface area contributed by atoms with Gasteiger partial charge in [0.25, 0.3) is 0 Å². The number of fused-ring (bicyclic) bond motifs is 1. The van der Waals surface area contributed by atoms with Crippen LogP contribution in [0.25, 0.3) is 0 Å². The van der Waals surface area contributed by atoms with Crippen molar-refractivity contribution >= 4 is 5.78 Å². The molecular weight excluding hydrogens is 214 g/mol. The fourth-order valence-electron chi connectivity index (χ4n) is 2.02. The van der Waals surface area contributed by atoms with Crippen LogP contribution in [-0.4, -0.2) is 12.4 Å². The molecule has 0 spiro atoms. The standard InChI is InChI=1S/C14H15NO2/c15-8-2-1-3-9-17-12-5-6-13-11(10-12)4-7-14(13)16/h5-6,10H,1-4,7,9H2. The van der Waals surface area contributed by atoms with Crippen molar-refractivity contribution in [2.75, 3.05) is 6.61 Å². The minimum atomic E-state index is 0.237. The number of aryl methyl sites for hydroxylation is 1. The lowest BCUT2D eigenvalue weighted by Gasteiger charge is -2.06. The first-order valence-corrected chi connectivity index (χ1v) is 5.97. The van der Waals surface area contributed by atoms with Crippen LogP contribution in [0.4, 0.5) is 0 Å². The number of nitrogens with zero attached hydrogens (tertiary/aromatic N) is 1. The molecule has 0 N–H and O–H groups in total. The van der Waals surface area contributed by atoms with E-state index in [1.807, 2.05) is 18.2 Å². The van der Waals surface area contributed by atoms with Gasteiger partial charge in [0.1, 0.15) is 5.75 Å². The molecule has 3 heteroatoms. The summed E-state index contributed by atoms with van der Waals surface area (Å²) in [6.07, 6.45) is 3.81. The highest BCUT2D eigenvalue weighted by atomic mass is 16.5. The van der Waals surface area contributed by atoms with Gasteiger partial charge in [-0.05, 0) is 43.0 Å². The third-order valence-corrected chi connectivity index (χ3v) is 2.95. The fourth-order valence-corrected chi connectivity index (χ4v) is 2.02. The van der Waals surface area contributed by atoms with Crippen molar-refractivity contribution in [3.8, 4) is 11.8 Å². The van der Waals surface area contributed by atoms with Crippen molar-refractivity contribution in [1.29, 1.82) is 5.26 Å². The van der Waals surface area contributed by atoms with E-state index >= 15 is 0 Å². The number of carbonyl (C=O) groups is 1. The molecule has 0 atom stereocenters. The Kier molecular flexibility index (Phi) is 3.77. The number of ketones is 1. The number of hydrogen-bond donors (Lipinski definition) is 0. The van der Waals surface area contributed by atoms with E-state index < -0.39 is 0 Å². The quantitative estimate of drug-likeness (QED) is 0.729. The van der Waals surface area contributed by atoms with Crippen LogP contribution in [0.1, 0.15) is 41.6 Å². The molecule has 0 heterocycles. The summed E-state index contributed by atoms with van der Waals surface area (Å²) in [5.41, 5.74) is 1.95. The van der Waals surface area contributed by atoms with Gasteiger partial charge < -0.3 is 4.74 Å². The summed E-state index contributed by atoms with van der Waals surface area (Å²) >= 11 is 0. The number of hydrogen-bond acceptors (Lipinski definition) is 3. The first-order valence-electron chi connectivity index (χ1n) is 5.97. The Bertz CT molecular complexity index is 460. The van der Waals surface area contributed by atoms with E-state index in [9.17, 15) is 4.79 Å². The molecule has 0 aromatic heterocycles. The Morgan fingerprint density at radius 3 is 3.00 bits per heavy atom. The number of nitriles is 1. The van der Waals surface area contributed by atoms with E-state index in [0.29, 0.717) is 19.4 Å². The molecule has 2 rings (SSSR count). The zero-order chi connectivity index (χ0) is 12.1. The topological polar surface area (TPSA) is 50.1 Å². The van der Waals surface area contributed by atoms with Crippen LogP contribution >= 0.6 is 0 Å². The predicted molar refractivity (Wildman–Crippen MR) is 64.1 cm³/mol. The van der Waals surface area contributed by atoms with Gasteiger partial charge in [-0.2, -0.15) is 5.26 Å². The van der Waals surface area contributed by atoms with E-state index in [4.69, 9.17) is 10.00 Å². The smallest absolute Gasteiger partial charge is 0.163 e. The molecule has 0 saturated carbocycles. The van der Waals surface area contributed by atoms with E-state index in [-0.39, 0.29) is 5.78 Å². The lowest BCUT2D eigenvalue weighted by atomic mass is 10.1. The van der Waals surface area contributed by atoms with Crippen molar-refractivity contribution in [2.24, 2.45) is 0 Å². The van der Waals surface area contributed by atoms with Gasteiger partial charge in [-0.15, -0.1) is 0 Å². The van der Waals surface area contributed by atoms with Gasteiger partial charge in [-0.3, -0.25) is 4.79 Å². The number of benzene rings is 1. The van der Waals surface area contributed by atoms with Crippen molar-refractivity contribution in [2.45, 2.75) is 32.1 Å². The molecule has 0 amide bonds. The third-order valence-electron chi connectivity index (χ3n) is 2.95. The van der Waals surface area contributed by atoms with Gasteiger partial charge in [0.05, 0.1) is 12.7 Å². The van der Waals surface area contributed by atoms with E-state index in [2.05, 4.69) is 6.07 Å². The SMILES string of the molecule is N#CCCCCOc1ccc2c(c1)CCC2=O. The Morgan fingerprint density at radius 2 is 2.18 bits per heavy atom. The van der Waals surface area contributed by atoms with Crippen LogP contribution in [0.15, 0.2) is 18.2 Å². The van der Waals surface area contributed by atoms with Crippen molar-refractivity contribution in [3.63, 3.8) is 0 Å². The van der Waals surface area contributed by atoms with E-state index in [1.165, 1.54) is 0 Å². The summed E-state index contributed by atoms with van der Waals surface area (Å²) in [6.45, 7) is 0.633. The summed E-state index contributed by atoms with van der Waals surface area (Å²) in [7, 11) is 0. The molecule has 0 aliphatic heterocycles. The molecule has 0 saturated heterocycles. The Labute approximate surface area is 101 Å². The molecule has 0 radical (unpaired) electrons. The maximum absolute atomic E-state index is 11.4. The number of unbranched alkanes of at least 4 members (excludes halogenated alkanes) is 2. The Balaban J connectivity index is 1.87. The maximum atomic E-state index is 11.4. The molecule has 88 valence electrons. The number of ether oxygens (including phenoxy) is 1. The van der Waals surface area contributed by atoms with Crippen LogP contribution in [0, 0.1) is 11.3 Å². The third kappa shape index (κ3) is 2.85. The zero-order valence-corrected chi connectivity index (χ0v) is 9.74. The Morgan fingerprint density at radius 1 is 1.29 bits per heavy atom. The van der Waals surface area contributed by atoms with Crippen LogP contribution in [0.3, 0.4) is 0 Å². The number of carbonyl (C=O) groups excluding carboxylic acids is 1. The summed E-state index contributed by atoms with van der Waals surface area (Å²) in [5.74, 6) is 1.07. The monoisotopic (exact) mass is 229 g/mol. The Hall–Kier alpha value is -1.82. The van der Waals surface area contributed by atoms with Gasteiger partial charge in [-0.25, -0.2) is 0 Å². The fraction of sp³-hybridized carbons (Fsp3) is 0.429. The van der Waals surface area contributed by atoms with Crippen LogP contribution in [0.2, 0.25) is 0 Å². The summed E-state index contributed by atoms with van der Waals surface area (Å²) < 4.78 is 5.59. The highest BCUT2D eigenvalue weighted by molar-refractivity contribution is 6.00. The molecule has 3 nitrogen and oxygen atoms in total. The maximum Gasteiger partial charge on any atom is 0.163 e. The highest BCUT2D eigenvalue weighted by Gasteiger charge is 2.19. The summed E-state index contributed by atoms with van der Waals surface area (Å²) in [5, 5.41) is 8.39. The second-order valence-electron chi connectivity index (χ2n) is 4.21. The second-order valence-corrected chi connectivity index (χ2v) is 4.21. The highest BCUT2D eigenvalue weighted by Crippen LogP contribution is 2.26. The largest absolute Gasteiger partial charge is 0.494 e. The van der Waals surface area contributed by atoms with Crippen molar-refractivity contribution < 1.29 is 9.53 Å². The summed E-state index contributed by atoms with van der Waals surface area (Å²) in [6, 6.07) is 7.78. The minimum Gasteiger partial charge on any atom is -0.494 e. The van der Waals surface area contributed by atoms with Gasteiger partial charge >= 0.3 is 0 Å². The molecular formula is C14H15NO2. The van der Waals surface area contributed by atoms with Crippen LogP contribution in [0.5, 0.6) is 5.75 Å².